The Morgan fingerprint density at radius 2 is 2.11 bits per heavy atom. The van der Waals surface area contributed by atoms with Gasteiger partial charge in [0.15, 0.2) is 0 Å². The van der Waals surface area contributed by atoms with Gasteiger partial charge in [-0.1, -0.05) is 0 Å². The number of imide groups is 1. The first kappa shape index (κ1) is 13.2. The maximum Gasteiger partial charge on any atom is 0.328 e. The third kappa shape index (κ3) is 2.07. The average molecular weight is 260 g/mol. The van der Waals surface area contributed by atoms with E-state index in [0.29, 0.717) is 0 Å². The lowest BCUT2D eigenvalue weighted by molar-refractivity contribution is -0.153. The molecule has 2 aliphatic heterocycles. The van der Waals surface area contributed by atoms with Gasteiger partial charge in [-0.3, -0.25) is 15.0 Å². The molecule has 2 heterocycles. The van der Waals surface area contributed by atoms with Crippen molar-refractivity contribution in [3.8, 4) is 0 Å². The molecule has 5 atom stereocenters. The van der Waals surface area contributed by atoms with Crippen LogP contribution < -0.4 is 5.32 Å². The minimum Gasteiger partial charge on any atom is -0.394 e. The van der Waals surface area contributed by atoms with Crippen LogP contribution in [0.1, 0.15) is 13.3 Å². The maximum absolute atomic E-state index is 11.7. The lowest BCUT2D eigenvalue weighted by Crippen LogP contribution is -2.62. The molecule has 0 aromatic heterocycles. The summed E-state index contributed by atoms with van der Waals surface area (Å²) >= 11 is 0. The molecule has 0 bridgehead atoms. The van der Waals surface area contributed by atoms with Crippen molar-refractivity contribution in [3.05, 3.63) is 0 Å². The molecule has 18 heavy (non-hydrogen) atoms. The third-order valence-corrected chi connectivity index (χ3v) is 3.30. The average Bonchev–Trinajstić information content (AvgIpc) is 2.67. The second-order valence-electron chi connectivity index (χ2n) is 4.52. The van der Waals surface area contributed by atoms with Gasteiger partial charge in [-0.2, -0.15) is 0 Å². The number of carbonyl (C=O) groups excluding carboxylic acids is 2. The summed E-state index contributed by atoms with van der Waals surface area (Å²) in [5.74, 6) is -1.34. The normalized spacial score (nSPS) is 41.1. The van der Waals surface area contributed by atoms with E-state index < -0.39 is 42.5 Å². The summed E-state index contributed by atoms with van der Waals surface area (Å²) in [6, 6.07) is -0.763. The van der Waals surface area contributed by atoms with Crippen LogP contribution in [0, 0.1) is 5.92 Å². The van der Waals surface area contributed by atoms with Crippen LogP contribution in [0.25, 0.3) is 0 Å². The van der Waals surface area contributed by atoms with Crippen molar-refractivity contribution in [2.45, 2.75) is 38.0 Å². The molecule has 102 valence electrons. The van der Waals surface area contributed by atoms with Gasteiger partial charge in [0.2, 0.25) is 5.91 Å². The van der Waals surface area contributed by atoms with E-state index in [1.54, 1.807) is 0 Å². The third-order valence-electron chi connectivity index (χ3n) is 3.30. The molecule has 3 amide bonds. The first-order valence-electron chi connectivity index (χ1n) is 5.71. The molecule has 0 radical (unpaired) electrons. The number of carbonyl (C=O) groups is 2. The van der Waals surface area contributed by atoms with Gasteiger partial charge in [-0.05, 0) is 6.92 Å². The molecule has 0 aromatic rings. The molecule has 2 saturated heterocycles. The predicted molar refractivity (Wildman–Crippen MR) is 56.9 cm³/mol. The standard InChI is InChI=1S/C10H16N2O6/c1-4-8(15)11-10(17)12(9(4)16)7-2-5(14)6(3-13)18-7/h4-7,9,13-14,16H,2-3H2,1H3,(H,11,15,17)/t4-,5+,6-,7-,9-/m1/s1. The van der Waals surface area contributed by atoms with Crippen LogP contribution in [-0.4, -0.2) is 63.4 Å². The molecule has 0 spiro atoms. The van der Waals surface area contributed by atoms with E-state index in [9.17, 15) is 19.8 Å². The number of hydrogen-bond donors (Lipinski definition) is 4. The number of amides is 3. The van der Waals surface area contributed by atoms with E-state index in [1.165, 1.54) is 6.92 Å². The molecule has 0 saturated carbocycles. The van der Waals surface area contributed by atoms with Gasteiger partial charge < -0.3 is 20.1 Å². The predicted octanol–water partition coefficient (Wildman–Crippen LogP) is -2.04. The number of ether oxygens (including phenoxy) is 1. The van der Waals surface area contributed by atoms with Crippen LogP contribution in [0.3, 0.4) is 0 Å². The fraction of sp³-hybridized carbons (Fsp3) is 0.800. The Balaban J connectivity index is 2.13. The summed E-state index contributed by atoms with van der Waals surface area (Å²) in [6.07, 6.45) is -3.78. The summed E-state index contributed by atoms with van der Waals surface area (Å²) in [6.45, 7) is 1.10. The smallest absolute Gasteiger partial charge is 0.328 e. The number of aliphatic hydroxyl groups is 3. The summed E-state index contributed by atoms with van der Waals surface area (Å²) < 4.78 is 5.28. The Kier molecular flexibility index (Phi) is 3.53. The molecule has 8 heteroatoms. The van der Waals surface area contributed by atoms with Crippen molar-refractivity contribution in [3.63, 3.8) is 0 Å². The Morgan fingerprint density at radius 1 is 1.44 bits per heavy atom. The van der Waals surface area contributed by atoms with Crippen LogP contribution >= 0.6 is 0 Å². The van der Waals surface area contributed by atoms with Crippen LogP contribution in [0.15, 0.2) is 0 Å². The Labute approximate surface area is 103 Å². The van der Waals surface area contributed by atoms with Gasteiger partial charge in [-0.15, -0.1) is 0 Å². The van der Waals surface area contributed by atoms with E-state index in [4.69, 9.17) is 9.84 Å². The summed E-state index contributed by atoms with van der Waals surface area (Å²) in [5.41, 5.74) is 0. The lowest BCUT2D eigenvalue weighted by Gasteiger charge is -2.38. The van der Waals surface area contributed by atoms with Gasteiger partial charge in [0.1, 0.15) is 18.6 Å². The van der Waals surface area contributed by atoms with Gasteiger partial charge in [0, 0.05) is 6.42 Å². The second kappa shape index (κ2) is 4.81. The van der Waals surface area contributed by atoms with Gasteiger partial charge in [0.05, 0.1) is 18.6 Å². The zero-order valence-electron chi connectivity index (χ0n) is 9.81. The quantitative estimate of drug-likeness (QED) is 0.454. The number of urea groups is 1. The zero-order chi connectivity index (χ0) is 13.4. The number of nitrogens with one attached hydrogen (secondary N) is 1. The first-order valence-corrected chi connectivity index (χ1v) is 5.71. The van der Waals surface area contributed by atoms with Crippen LogP contribution in [0.5, 0.6) is 0 Å². The van der Waals surface area contributed by atoms with Crippen molar-refractivity contribution >= 4 is 11.9 Å². The topological polar surface area (TPSA) is 119 Å². The summed E-state index contributed by atoms with van der Waals surface area (Å²) in [5, 5.41) is 30.5. The van der Waals surface area contributed by atoms with E-state index in [2.05, 4.69) is 5.32 Å². The number of hydrogen-bond acceptors (Lipinski definition) is 6. The number of rotatable bonds is 2. The highest BCUT2D eigenvalue weighted by Crippen LogP contribution is 2.27. The van der Waals surface area contributed by atoms with Crippen molar-refractivity contribution in [1.29, 1.82) is 0 Å². The molecule has 4 N–H and O–H groups in total. The molecule has 0 unspecified atom stereocenters. The van der Waals surface area contributed by atoms with Crippen molar-refractivity contribution in [2.75, 3.05) is 6.61 Å². The summed E-state index contributed by atoms with van der Waals surface area (Å²) in [4.78, 5) is 23.9. The molecule has 8 nitrogen and oxygen atoms in total. The minimum atomic E-state index is -1.30. The summed E-state index contributed by atoms with van der Waals surface area (Å²) in [7, 11) is 0. The van der Waals surface area contributed by atoms with Crippen molar-refractivity contribution < 1.29 is 29.6 Å². The van der Waals surface area contributed by atoms with E-state index in [0.717, 1.165) is 4.90 Å². The van der Waals surface area contributed by atoms with Gasteiger partial charge in [0.25, 0.3) is 0 Å². The molecular weight excluding hydrogens is 244 g/mol. The maximum atomic E-state index is 11.7. The Bertz CT molecular complexity index is 362. The SMILES string of the molecule is C[C@@H]1C(=O)NC(=O)N([C@H]2C[C@H](O)[C@@H](CO)O2)[C@@H]1O. The highest BCUT2D eigenvalue weighted by Gasteiger charge is 2.46. The molecular formula is C10H16N2O6. The van der Waals surface area contributed by atoms with Gasteiger partial charge in [-0.25, -0.2) is 4.79 Å². The van der Waals surface area contributed by atoms with Gasteiger partial charge >= 0.3 is 6.03 Å². The van der Waals surface area contributed by atoms with E-state index >= 15 is 0 Å². The van der Waals surface area contributed by atoms with E-state index in [-0.39, 0.29) is 13.0 Å². The van der Waals surface area contributed by atoms with Crippen LogP contribution in [0.2, 0.25) is 0 Å². The number of aliphatic hydroxyl groups excluding tert-OH is 3. The Hall–Kier alpha value is -1.22. The molecule has 0 aliphatic carbocycles. The largest absolute Gasteiger partial charge is 0.394 e. The van der Waals surface area contributed by atoms with Crippen molar-refractivity contribution in [2.24, 2.45) is 5.92 Å². The highest BCUT2D eigenvalue weighted by molar-refractivity contribution is 5.98. The fourth-order valence-corrected chi connectivity index (χ4v) is 2.13. The van der Waals surface area contributed by atoms with Crippen LogP contribution in [0.4, 0.5) is 4.79 Å². The molecule has 2 fully saturated rings. The Morgan fingerprint density at radius 3 is 2.67 bits per heavy atom. The molecule has 0 aromatic carbocycles. The lowest BCUT2D eigenvalue weighted by atomic mass is 10.1. The second-order valence-corrected chi connectivity index (χ2v) is 4.52. The highest BCUT2D eigenvalue weighted by atomic mass is 16.5. The zero-order valence-corrected chi connectivity index (χ0v) is 9.81. The van der Waals surface area contributed by atoms with E-state index in [1.807, 2.05) is 0 Å². The molecule has 2 aliphatic rings. The molecule has 2 rings (SSSR count). The number of nitrogens with zero attached hydrogens (tertiary/aromatic N) is 1. The van der Waals surface area contributed by atoms with Crippen LogP contribution in [-0.2, 0) is 9.53 Å². The fourth-order valence-electron chi connectivity index (χ4n) is 2.13. The monoisotopic (exact) mass is 260 g/mol. The first-order chi connectivity index (χ1) is 8.45. The minimum absolute atomic E-state index is 0.0800. The van der Waals surface area contributed by atoms with Crippen molar-refractivity contribution in [1.82, 2.24) is 10.2 Å².